The zero-order valence-electron chi connectivity index (χ0n) is 21.7. The molecule has 1 amide bonds. The van der Waals surface area contributed by atoms with E-state index in [1.165, 1.54) is 0 Å². The summed E-state index contributed by atoms with van der Waals surface area (Å²) in [6.45, 7) is 9.87. The summed E-state index contributed by atoms with van der Waals surface area (Å²) in [6, 6.07) is 7.49. The first-order valence-corrected chi connectivity index (χ1v) is 14.2. The molecule has 0 saturated heterocycles. The summed E-state index contributed by atoms with van der Waals surface area (Å²) in [7, 11) is -3.73. The molecule has 1 aliphatic carbocycles. The van der Waals surface area contributed by atoms with Crippen molar-refractivity contribution in [3.63, 3.8) is 0 Å². The number of ether oxygens (including phenoxy) is 1. The molecule has 0 unspecified atom stereocenters. The normalized spacial score (nSPS) is 20.2. The zero-order valence-corrected chi connectivity index (χ0v) is 22.5. The van der Waals surface area contributed by atoms with Gasteiger partial charge in [-0.2, -0.15) is 0 Å². The maximum absolute atomic E-state index is 13.0. The van der Waals surface area contributed by atoms with Gasteiger partial charge < -0.3 is 15.2 Å². The van der Waals surface area contributed by atoms with Crippen LogP contribution in [0.25, 0.3) is 10.9 Å². The Morgan fingerprint density at radius 1 is 1.22 bits per heavy atom. The second-order valence-electron chi connectivity index (χ2n) is 9.29. The summed E-state index contributed by atoms with van der Waals surface area (Å²) >= 11 is 0. The summed E-state index contributed by atoms with van der Waals surface area (Å²) in [6.07, 6.45) is 8.71. The van der Waals surface area contributed by atoms with Crippen molar-refractivity contribution in [2.45, 2.75) is 69.5 Å². The number of sulfonamides is 1. The number of nitrogens with zero attached hydrogens (tertiary/aromatic N) is 1. The number of rotatable bonds is 11. The van der Waals surface area contributed by atoms with Crippen molar-refractivity contribution in [3.05, 3.63) is 66.8 Å². The average molecular weight is 528 g/mol. The lowest BCUT2D eigenvalue weighted by atomic mass is 9.85. The minimum Gasteiger partial charge on any atom is -0.478 e. The molecule has 1 aromatic heterocycles. The molecule has 1 heterocycles. The number of nitrogens with one attached hydrogen (secondary N) is 2. The van der Waals surface area contributed by atoms with Gasteiger partial charge in [-0.1, -0.05) is 30.9 Å². The molecule has 2 atom stereocenters. The molecule has 0 spiro atoms. The zero-order chi connectivity index (χ0) is 27.0. The van der Waals surface area contributed by atoms with Crippen molar-refractivity contribution in [1.29, 1.82) is 0 Å². The molecule has 200 valence electrons. The molecule has 1 saturated carbocycles. The van der Waals surface area contributed by atoms with Crippen LogP contribution in [-0.2, 0) is 14.8 Å². The first kappa shape index (κ1) is 28.6. The third kappa shape index (κ3) is 7.74. The predicted octanol–water partition coefficient (Wildman–Crippen LogP) is 4.02. The Morgan fingerprint density at radius 2 is 1.95 bits per heavy atom. The van der Waals surface area contributed by atoms with Crippen molar-refractivity contribution in [2.75, 3.05) is 6.61 Å². The lowest BCUT2D eigenvalue weighted by Gasteiger charge is -2.30. The number of aliphatic hydroxyl groups excluding tert-OH is 1. The van der Waals surface area contributed by atoms with Gasteiger partial charge in [0.15, 0.2) is 0 Å². The fourth-order valence-corrected chi connectivity index (χ4v) is 5.77. The maximum atomic E-state index is 13.0. The van der Waals surface area contributed by atoms with Crippen LogP contribution in [-0.4, -0.2) is 49.2 Å². The molecule has 0 radical (unpaired) electrons. The first-order valence-electron chi connectivity index (χ1n) is 12.7. The van der Waals surface area contributed by atoms with E-state index in [9.17, 15) is 18.3 Å². The highest BCUT2D eigenvalue weighted by molar-refractivity contribution is 7.89. The molecule has 1 aromatic carbocycles. The molecule has 2 aromatic rings. The third-order valence-corrected chi connectivity index (χ3v) is 7.97. The predicted molar refractivity (Wildman–Crippen MR) is 146 cm³/mol. The summed E-state index contributed by atoms with van der Waals surface area (Å²) in [5, 5.41) is 13.8. The largest absolute Gasteiger partial charge is 0.478 e. The number of fused-ring (bicyclic) bond motifs is 1. The van der Waals surface area contributed by atoms with Crippen molar-refractivity contribution < 1.29 is 23.1 Å². The van der Waals surface area contributed by atoms with Crippen LogP contribution in [0.1, 0.15) is 46.5 Å². The molecule has 0 bridgehead atoms. The number of hydrogen-bond donors (Lipinski definition) is 3. The first-order chi connectivity index (χ1) is 17.6. The van der Waals surface area contributed by atoms with Crippen LogP contribution in [0.2, 0.25) is 0 Å². The Hall–Kier alpha value is -3.01. The van der Waals surface area contributed by atoms with Gasteiger partial charge in [-0.15, -0.1) is 0 Å². The Labute approximate surface area is 219 Å². The molecule has 3 rings (SSSR count). The van der Waals surface area contributed by atoms with Gasteiger partial charge >= 0.3 is 0 Å². The Kier molecular flexibility index (Phi) is 10.0. The molecule has 3 N–H and O–H groups in total. The molecule has 8 nitrogen and oxygen atoms in total. The molecular formula is C28H37N3O5S. The number of allylic oxidation sites excluding steroid dienone is 3. The van der Waals surface area contributed by atoms with Gasteiger partial charge in [0.05, 0.1) is 29.2 Å². The highest BCUT2D eigenvalue weighted by Gasteiger charge is 2.31. The van der Waals surface area contributed by atoms with E-state index in [2.05, 4.69) is 21.6 Å². The number of carbonyl (C=O) groups excluding carboxylic acids is 1. The standard InChI is InChI=1S/C28H37N3O5S/c1-5-7-8-9-19(3)27(20(4)32)30-28(33)21-10-13-23(14-11-21)31-37(34,35)24-15-16-25-22(18-24)12-17-26(29-25)36-6-2/h5,7-9,12,15-18,20-21,23,27,31-32H,3,6,10-11,13-14H2,1-2,4H3,(H,30,33)/b7-5-,9-8-/t20-,21?,23?,27+/m1/s1. The molecular weight excluding hydrogens is 490 g/mol. The second-order valence-corrected chi connectivity index (χ2v) is 11.0. The van der Waals surface area contributed by atoms with Gasteiger partial charge in [-0.25, -0.2) is 18.1 Å². The minimum atomic E-state index is -3.73. The van der Waals surface area contributed by atoms with Crippen LogP contribution in [0.5, 0.6) is 5.88 Å². The number of hydrogen-bond acceptors (Lipinski definition) is 6. The van der Waals surface area contributed by atoms with E-state index in [1.807, 2.05) is 32.1 Å². The molecule has 37 heavy (non-hydrogen) atoms. The Balaban J connectivity index is 1.58. The fourth-order valence-electron chi connectivity index (χ4n) is 4.43. The lowest BCUT2D eigenvalue weighted by Crippen LogP contribution is -2.47. The minimum absolute atomic E-state index is 0.152. The van der Waals surface area contributed by atoms with E-state index in [0.29, 0.717) is 54.6 Å². The molecule has 0 aliphatic heterocycles. The van der Waals surface area contributed by atoms with Crippen LogP contribution >= 0.6 is 0 Å². The highest BCUT2D eigenvalue weighted by atomic mass is 32.2. The van der Waals surface area contributed by atoms with Crippen molar-refractivity contribution >= 4 is 26.8 Å². The number of pyridine rings is 1. The van der Waals surface area contributed by atoms with E-state index in [1.54, 1.807) is 43.3 Å². The molecule has 1 aliphatic rings. The van der Waals surface area contributed by atoms with Crippen LogP contribution in [0.4, 0.5) is 0 Å². The summed E-state index contributed by atoms with van der Waals surface area (Å²) in [4.78, 5) is 17.5. The Morgan fingerprint density at radius 3 is 2.59 bits per heavy atom. The van der Waals surface area contributed by atoms with Gasteiger partial charge in [0, 0.05) is 23.4 Å². The van der Waals surface area contributed by atoms with Gasteiger partial charge in [-0.05, 0) is 76.3 Å². The summed E-state index contributed by atoms with van der Waals surface area (Å²) < 4.78 is 34.3. The summed E-state index contributed by atoms with van der Waals surface area (Å²) in [5.74, 6) is 0.0977. The van der Waals surface area contributed by atoms with E-state index in [4.69, 9.17) is 4.74 Å². The number of benzene rings is 1. The van der Waals surface area contributed by atoms with Crippen molar-refractivity contribution in [2.24, 2.45) is 5.92 Å². The van der Waals surface area contributed by atoms with Crippen molar-refractivity contribution in [1.82, 2.24) is 15.0 Å². The van der Waals surface area contributed by atoms with E-state index < -0.39 is 22.2 Å². The maximum Gasteiger partial charge on any atom is 0.240 e. The highest BCUT2D eigenvalue weighted by Crippen LogP contribution is 2.27. The number of amides is 1. The average Bonchev–Trinajstić information content (AvgIpc) is 2.87. The van der Waals surface area contributed by atoms with Gasteiger partial charge in [-0.3, -0.25) is 4.79 Å². The molecule has 1 fully saturated rings. The quantitative estimate of drug-likeness (QED) is 0.380. The van der Waals surface area contributed by atoms with Gasteiger partial charge in [0.2, 0.25) is 21.8 Å². The van der Waals surface area contributed by atoms with Crippen LogP contribution in [0.15, 0.2) is 71.7 Å². The lowest BCUT2D eigenvalue weighted by molar-refractivity contribution is -0.127. The number of aromatic nitrogens is 1. The van der Waals surface area contributed by atoms with Crippen molar-refractivity contribution in [3.8, 4) is 5.88 Å². The van der Waals surface area contributed by atoms with Crippen LogP contribution in [0, 0.1) is 5.92 Å². The number of aliphatic hydroxyl groups is 1. The van der Waals surface area contributed by atoms with E-state index >= 15 is 0 Å². The monoisotopic (exact) mass is 527 g/mol. The van der Waals surface area contributed by atoms with Gasteiger partial charge in [0.1, 0.15) is 0 Å². The van der Waals surface area contributed by atoms with Gasteiger partial charge in [0.25, 0.3) is 0 Å². The van der Waals surface area contributed by atoms with Crippen LogP contribution in [0.3, 0.4) is 0 Å². The number of carbonyl (C=O) groups is 1. The van der Waals surface area contributed by atoms with E-state index in [0.717, 1.165) is 0 Å². The molecule has 9 heteroatoms. The third-order valence-electron chi connectivity index (χ3n) is 6.45. The topological polar surface area (TPSA) is 118 Å². The SMILES string of the molecule is C=C(/C=C\C=C/C)[C@H](NC(=O)C1CCC(NS(=O)(=O)c2ccc3nc(OCC)ccc3c2)CC1)[C@@H](C)O. The fraction of sp³-hybridized carbons (Fsp3) is 0.429. The Bertz CT molecular complexity index is 1260. The summed E-state index contributed by atoms with van der Waals surface area (Å²) in [5.41, 5.74) is 1.27. The smallest absolute Gasteiger partial charge is 0.240 e. The second kappa shape index (κ2) is 13.0. The van der Waals surface area contributed by atoms with Crippen LogP contribution < -0.4 is 14.8 Å². The van der Waals surface area contributed by atoms with E-state index in [-0.39, 0.29) is 22.8 Å².